The van der Waals surface area contributed by atoms with E-state index in [0.717, 1.165) is 88.8 Å². The monoisotopic (exact) mass is 988 g/mol. The van der Waals surface area contributed by atoms with Gasteiger partial charge in [0.05, 0.1) is 44.1 Å². The standard InChI is InChI=1S/C72H40N6/c1-3-19-45(20-4-1)75-59-31-13-11-25-51(59)55-37-43(33-35-61(55)75)49-27-15-29-53-57-39-41-17-7-9-23-47(41)63-65-71(77(67(49)53)69(57)63)73-66-64-48-24-10-8-18-42(48)40-58-54-30-16-28-50(68(54)78(70(58)64)72(66)74-65)44-34-36-62-56(38-44)52-26-12-14-32-60(52)76(62)46-21-5-2-6-22-46/h1-40H. The maximum Gasteiger partial charge on any atom is 0.165 e. The molecule has 78 heavy (non-hydrogen) atoms. The summed E-state index contributed by atoms with van der Waals surface area (Å²) in [6.07, 6.45) is 0. The Morgan fingerprint density at radius 2 is 0.641 bits per heavy atom. The van der Waals surface area contributed by atoms with Crippen LogP contribution < -0.4 is 0 Å². The zero-order valence-corrected chi connectivity index (χ0v) is 41.8. The lowest BCUT2D eigenvalue weighted by atomic mass is 9.98. The average Bonchev–Trinajstić information content (AvgIpc) is 3.99. The molecule has 0 radical (unpaired) electrons. The molecule has 7 aromatic heterocycles. The second-order valence-electron chi connectivity index (χ2n) is 21.2. The van der Waals surface area contributed by atoms with Crippen LogP contribution in [0.4, 0.5) is 0 Å². The molecule has 6 heteroatoms. The smallest absolute Gasteiger partial charge is 0.165 e. The van der Waals surface area contributed by atoms with Crippen molar-refractivity contribution in [2.45, 2.75) is 0 Å². The van der Waals surface area contributed by atoms with E-state index in [4.69, 9.17) is 9.97 Å². The van der Waals surface area contributed by atoms with E-state index < -0.39 is 0 Å². The number of fused-ring (bicyclic) bond motifs is 22. The Morgan fingerprint density at radius 1 is 0.256 bits per heavy atom. The van der Waals surface area contributed by atoms with Gasteiger partial charge in [0, 0.05) is 76.4 Å². The second kappa shape index (κ2) is 14.6. The first-order valence-corrected chi connectivity index (χ1v) is 26.8. The van der Waals surface area contributed by atoms with Gasteiger partial charge in [-0.3, -0.25) is 8.80 Å². The zero-order chi connectivity index (χ0) is 50.5. The van der Waals surface area contributed by atoms with Crippen molar-refractivity contribution >= 4 is 142 Å². The van der Waals surface area contributed by atoms with Crippen molar-refractivity contribution < 1.29 is 0 Å². The van der Waals surface area contributed by atoms with Crippen molar-refractivity contribution in [2.24, 2.45) is 0 Å². The highest BCUT2D eigenvalue weighted by Crippen LogP contribution is 2.49. The van der Waals surface area contributed by atoms with Gasteiger partial charge in [-0.1, -0.05) is 170 Å². The number of hydrogen-bond donors (Lipinski definition) is 0. The normalized spacial score (nSPS) is 12.6. The number of rotatable bonds is 4. The predicted octanol–water partition coefficient (Wildman–Crippen LogP) is 18.6. The van der Waals surface area contributed by atoms with E-state index in [-0.39, 0.29) is 0 Å². The van der Waals surface area contributed by atoms with E-state index in [1.165, 1.54) is 86.7 Å². The van der Waals surface area contributed by atoms with E-state index in [1.54, 1.807) is 0 Å². The van der Waals surface area contributed by atoms with Crippen LogP contribution in [-0.2, 0) is 0 Å². The van der Waals surface area contributed by atoms with Crippen LogP contribution in [-0.4, -0.2) is 27.9 Å². The number of aromatic nitrogens is 6. The topological polar surface area (TPSA) is 44.5 Å². The highest BCUT2D eigenvalue weighted by molar-refractivity contribution is 6.35. The Labute approximate surface area is 443 Å². The fraction of sp³-hybridized carbons (Fsp3) is 0. The summed E-state index contributed by atoms with van der Waals surface area (Å²) >= 11 is 0. The molecule has 19 aromatic rings. The highest BCUT2D eigenvalue weighted by Gasteiger charge is 2.29. The summed E-state index contributed by atoms with van der Waals surface area (Å²) in [5, 5.41) is 16.7. The van der Waals surface area contributed by atoms with Crippen molar-refractivity contribution in [3.8, 4) is 33.6 Å². The van der Waals surface area contributed by atoms with Crippen LogP contribution in [0.2, 0.25) is 0 Å². The Kier molecular flexibility index (Phi) is 7.65. The maximum absolute atomic E-state index is 6.02. The van der Waals surface area contributed by atoms with Gasteiger partial charge in [0.15, 0.2) is 11.3 Å². The first kappa shape index (κ1) is 40.8. The summed E-state index contributed by atoms with van der Waals surface area (Å²) in [5.74, 6) is 0. The van der Waals surface area contributed by atoms with Crippen molar-refractivity contribution in [1.29, 1.82) is 0 Å². The molecule has 0 atom stereocenters. The summed E-state index contributed by atoms with van der Waals surface area (Å²) in [7, 11) is 0. The largest absolute Gasteiger partial charge is 0.309 e. The SMILES string of the molecule is c1ccc(-n2c3ccccc3c3cc(-c4cccc5c6cc7ccccc7c7c8nc9c(nc8n(c45)c67)c4c5ccccc5cc5c6cccc(-c7ccc8c(c7)c7ccccc7n8-c7ccccc7)c6n9c54)ccc32)cc1. The number of nitrogens with zero attached hydrogens (tertiary/aromatic N) is 6. The number of hydrogen-bond acceptors (Lipinski definition) is 2. The summed E-state index contributed by atoms with van der Waals surface area (Å²) in [6, 6.07) is 89.1. The highest BCUT2D eigenvalue weighted by atomic mass is 15.1. The predicted molar refractivity (Wildman–Crippen MR) is 326 cm³/mol. The molecule has 0 bridgehead atoms. The Morgan fingerprint density at radius 3 is 1.10 bits per heavy atom. The first-order valence-electron chi connectivity index (χ1n) is 26.8. The van der Waals surface area contributed by atoms with Crippen molar-refractivity contribution in [1.82, 2.24) is 27.9 Å². The van der Waals surface area contributed by atoms with Gasteiger partial charge >= 0.3 is 0 Å². The van der Waals surface area contributed by atoms with Gasteiger partial charge < -0.3 is 9.13 Å². The molecule has 0 N–H and O–H groups in total. The lowest BCUT2D eigenvalue weighted by Crippen LogP contribution is -1.94. The molecule has 0 aliphatic carbocycles. The molecule has 7 heterocycles. The molecule has 0 amide bonds. The zero-order valence-electron chi connectivity index (χ0n) is 41.8. The fourth-order valence-corrected chi connectivity index (χ4v) is 14.2. The molecule has 0 fully saturated rings. The molecule has 0 saturated carbocycles. The van der Waals surface area contributed by atoms with Crippen LogP contribution in [0.1, 0.15) is 0 Å². The number of para-hydroxylation sites is 6. The average molecular weight is 989 g/mol. The van der Waals surface area contributed by atoms with Crippen LogP contribution >= 0.6 is 0 Å². The third-order valence-electron chi connectivity index (χ3n) is 17.3. The van der Waals surface area contributed by atoms with E-state index in [9.17, 15) is 0 Å². The fourth-order valence-electron chi connectivity index (χ4n) is 14.2. The molecule has 358 valence electrons. The van der Waals surface area contributed by atoms with Crippen LogP contribution in [0.25, 0.3) is 175 Å². The Bertz CT molecular complexity index is 5440. The molecule has 6 nitrogen and oxygen atoms in total. The summed E-state index contributed by atoms with van der Waals surface area (Å²) in [5.41, 5.74) is 19.8. The van der Waals surface area contributed by atoms with E-state index >= 15 is 0 Å². The third kappa shape index (κ3) is 5.07. The minimum Gasteiger partial charge on any atom is -0.309 e. The molecular formula is C72H40N6. The van der Waals surface area contributed by atoms with E-state index in [2.05, 4.69) is 261 Å². The van der Waals surface area contributed by atoms with Gasteiger partial charge in [-0.2, -0.15) is 0 Å². The Balaban J connectivity index is 0.936. The third-order valence-corrected chi connectivity index (χ3v) is 17.3. The molecule has 0 aliphatic heterocycles. The van der Waals surface area contributed by atoms with Crippen LogP contribution in [0.15, 0.2) is 243 Å². The van der Waals surface area contributed by atoms with Crippen molar-refractivity contribution in [3.63, 3.8) is 0 Å². The maximum atomic E-state index is 6.02. The van der Waals surface area contributed by atoms with Gasteiger partial charge in [-0.05, 0) is 105 Å². The molecular weight excluding hydrogens is 949 g/mol. The van der Waals surface area contributed by atoms with Crippen LogP contribution in [0.5, 0.6) is 0 Å². The van der Waals surface area contributed by atoms with E-state index in [1.807, 2.05) is 0 Å². The molecule has 19 rings (SSSR count). The number of benzene rings is 12. The molecule has 0 spiro atoms. The van der Waals surface area contributed by atoms with Gasteiger partial charge in [-0.25, -0.2) is 9.97 Å². The quantitative estimate of drug-likeness (QED) is 0.176. The van der Waals surface area contributed by atoms with Crippen molar-refractivity contribution in [2.75, 3.05) is 0 Å². The molecule has 0 aliphatic rings. The molecule has 12 aromatic carbocycles. The lowest BCUT2D eigenvalue weighted by molar-refractivity contribution is 1.18. The Hall–Kier alpha value is -10.6. The van der Waals surface area contributed by atoms with E-state index in [0.29, 0.717) is 0 Å². The molecule has 0 unspecified atom stereocenters. The minimum atomic E-state index is 0.867. The lowest BCUT2D eigenvalue weighted by Gasteiger charge is -2.10. The van der Waals surface area contributed by atoms with Gasteiger partial charge in [-0.15, -0.1) is 0 Å². The van der Waals surface area contributed by atoms with Gasteiger partial charge in [0.1, 0.15) is 11.0 Å². The van der Waals surface area contributed by atoms with Crippen LogP contribution in [0.3, 0.4) is 0 Å². The van der Waals surface area contributed by atoms with Crippen LogP contribution in [0, 0.1) is 0 Å². The van der Waals surface area contributed by atoms with Crippen molar-refractivity contribution in [3.05, 3.63) is 243 Å². The summed E-state index contributed by atoms with van der Waals surface area (Å²) < 4.78 is 9.70. The van der Waals surface area contributed by atoms with Gasteiger partial charge in [0.25, 0.3) is 0 Å². The first-order chi connectivity index (χ1) is 38.7. The summed E-state index contributed by atoms with van der Waals surface area (Å²) in [6.45, 7) is 0. The minimum absolute atomic E-state index is 0.867. The molecule has 0 saturated heterocycles. The van der Waals surface area contributed by atoms with Gasteiger partial charge in [0.2, 0.25) is 0 Å². The second-order valence-corrected chi connectivity index (χ2v) is 21.2. The summed E-state index contributed by atoms with van der Waals surface area (Å²) in [4.78, 5) is 12.0.